The van der Waals surface area contributed by atoms with Crippen molar-refractivity contribution in [3.05, 3.63) is 0 Å². The maximum atomic E-state index is 12.1. The molecule has 0 saturated carbocycles. The first kappa shape index (κ1) is 15.4. The number of hydrogen-bond donors (Lipinski definition) is 1. The second kappa shape index (κ2) is 7.66. The van der Waals surface area contributed by atoms with Crippen molar-refractivity contribution in [2.75, 3.05) is 13.6 Å². The SMILES string of the molecule is CCCC(C(=O)N(C)CCC(C)O)C(C)C. The second-order valence-electron chi connectivity index (χ2n) is 5.04. The molecule has 0 aliphatic heterocycles. The van der Waals surface area contributed by atoms with E-state index in [9.17, 15) is 9.90 Å². The summed E-state index contributed by atoms with van der Waals surface area (Å²) in [6, 6.07) is 0. The Morgan fingerprint density at radius 2 is 1.81 bits per heavy atom. The lowest BCUT2D eigenvalue weighted by Crippen LogP contribution is -2.36. The largest absolute Gasteiger partial charge is 0.393 e. The van der Waals surface area contributed by atoms with Crippen molar-refractivity contribution >= 4 is 5.91 Å². The minimum Gasteiger partial charge on any atom is -0.393 e. The van der Waals surface area contributed by atoms with E-state index < -0.39 is 0 Å². The predicted molar refractivity (Wildman–Crippen MR) is 67.2 cm³/mol. The van der Waals surface area contributed by atoms with Crippen molar-refractivity contribution < 1.29 is 9.90 Å². The maximum absolute atomic E-state index is 12.1. The van der Waals surface area contributed by atoms with Gasteiger partial charge in [-0.2, -0.15) is 0 Å². The molecular weight excluding hydrogens is 202 g/mol. The van der Waals surface area contributed by atoms with Crippen LogP contribution >= 0.6 is 0 Å². The molecule has 1 amide bonds. The molecule has 0 rings (SSSR count). The van der Waals surface area contributed by atoms with Gasteiger partial charge in [0.15, 0.2) is 0 Å². The van der Waals surface area contributed by atoms with Gasteiger partial charge in [0, 0.05) is 19.5 Å². The minimum atomic E-state index is -0.334. The summed E-state index contributed by atoms with van der Waals surface area (Å²) in [4.78, 5) is 13.9. The van der Waals surface area contributed by atoms with Crippen LogP contribution in [-0.4, -0.2) is 35.6 Å². The molecule has 0 bridgehead atoms. The molecule has 0 aliphatic rings. The molecule has 16 heavy (non-hydrogen) atoms. The summed E-state index contributed by atoms with van der Waals surface area (Å²) in [5, 5.41) is 9.20. The zero-order valence-corrected chi connectivity index (χ0v) is 11.4. The summed E-state index contributed by atoms with van der Waals surface area (Å²) in [5.74, 6) is 0.739. The number of aliphatic hydroxyl groups is 1. The van der Waals surface area contributed by atoms with Crippen molar-refractivity contribution in [3.8, 4) is 0 Å². The Balaban J connectivity index is 4.25. The zero-order chi connectivity index (χ0) is 12.7. The number of amides is 1. The lowest BCUT2D eigenvalue weighted by Gasteiger charge is -2.26. The van der Waals surface area contributed by atoms with E-state index in [2.05, 4.69) is 20.8 Å². The molecule has 0 aromatic rings. The van der Waals surface area contributed by atoms with Crippen molar-refractivity contribution in [2.24, 2.45) is 11.8 Å². The summed E-state index contributed by atoms with van der Waals surface area (Å²) in [6.07, 6.45) is 2.31. The topological polar surface area (TPSA) is 40.5 Å². The molecule has 1 N–H and O–H groups in total. The van der Waals surface area contributed by atoms with E-state index in [1.54, 1.807) is 11.8 Å². The molecule has 0 aliphatic carbocycles. The Hall–Kier alpha value is -0.570. The van der Waals surface area contributed by atoms with Crippen LogP contribution in [0.2, 0.25) is 0 Å². The van der Waals surface area contributed by atoms with Crippen LogP contribution in [0.3, 0.4) is 0 Å². The Labute approximate surface area is 99.8 Å². The standard InChI is InChI=1S/C13H27NO2/c1-6-7-12(10(2)3)13(16)14(5)9-8-11(4)15/h10-12,15H,6-9H2,1-5H3. The molecule has 2 atom stereocenters. The summed E-state index contributed by atoms with van der Waals surface area (Å²) in [7, 11) is 1.83. The molecule has 0 saturated heterocycles. The van der Waals surface area contributed by atoms with E-state index in [0.717, 1.165) is 12.8 Å². The monoisotopic (exact) mass is 229 g/mol. The third-order valence-corrected chi connectivity index (χ3v) is 2.98. The first-order valence-corrected chi connectivity index (χ1v) is 6.33. The third-order valence-electron chi connectivity index (χ3n) is 2.98. The molecule has 96 valence electrons. The summed E-state index contributed by atoms with van der Waals surface area (Å²) in [6.45, 7) is 8.70. The lowest BCUT2D eigenvalue weighted by atomic mass is 9.90. The highest BCUT2D eigenvalue weighted by atomic mass is 16.3. The van der Waals surface area contributed by atoms with Gasteiger partial charge in [-0.3, -0.25) is 4.79 Å². The fourth-order valence-electron chi connectivity index (χ4n) is 1.83. The van der Waals surface area contributed by atoms with Crippen LogP contribution in [0, 0.1) is 11.8 Å². The molecule has 0 heterocycles. The van der Waals surface area contributed by atoms with Crippen LogP contribution in [0.15, 0.2) is 0 Å². The van der Waals surface area contributed by atoms with Gasteiger partial charge in [0.05, 0.1) is 6.10 Å². The quantitative estimate of drug-likeness (QED) is 0.727. The summed E-state index contributed by atoms with van der Waals surface area (Å²) >= 11 is 0. The number of aliphatic hydroxyl groups excluding tert-OH is 1. The minimum absolute atomic E-state index is 0.129. The average Bonchev–Trinajstić information content (AvgIpc) is 2.20. The molecule has 0 spiro atoms. The lowest BCUT2D eigenvalue weighted by molar-refractivity contribution is -0.136. The van der Waals surface area contributed by atoms with Gasteiger partial charge < -0.3 is 10.0 Å². The molecule has 3 heteroatoms. The first-order valence-electron chi connectivity index (χ1n) is 6.33. The van der Waals surface area contributed by atoms with Gasteiger partial charge >= 0.3 is 0 Å². The molecule has 0 radical (unpaired) electrons. The van der Waals surface area contributed by atoms with E-state index in [1.165, 1.54) is 0 Å². The summed E-state index contributed by atoms with van der Waals surface area (Å²) in [5.41, 5.74) is 0. The van der Waals surface area contributed by atoms with E-state index in [0.29, 0.717) is 18.9 Å². The fourth-order valence-corrected chi connectivity index (χ4v) is 1.83. The van der Waals surface area contributed by atoms with Crippen LogP contribution in [0.1, 0.15) is 47.0 Å². The average molecular weight is 229 g/mol. The number of hydrogen-bond acceptors (Lipinski definition) is 2. The molecule has 2 unspecified atom stereocenters. The van der Waals surface area contributed by atoms with E-state index in [1.807, 2.05) is 7.05 Å². The van der Waals surface area contributed by atoms with Crippen molar-refractivity contribution in [3.63, 3.8) is 0 Å². The highest BCUT2D eigenvalue weighted by Crippen LogP contribution is 2.19. The highest BCUT2D eigenvalue weighted by Gasteiger charge is 2.24. The van der Waals surface area contributed by atoms with Gasteiger partial charge in [0.2, 0.25) is 5.91 Å². The van der Waals surface area contributed by atoms with Gasteiger partial charge in [-0.05, 0) is 25.7 Å². The number of nitrogens with zero attached hydrogens (tertiary/aromatic N) is 1. The third kappa shape index (κ3) is 5.50. The number of rotatable bonds is 7. The Morgan fingerprint density at radius 3 is 2.19 bits per heavy atom. The second-order valence-corrected chi connectivity index (χ2v) is 5.04. The van der Waals surface area contributed by atoms with Gasteiger partial charge in [0.1, 0.15) is 0 Å². The van der Waals surface area contributed by atoms with Crippen LogP contribution in [-0.2, 0) is 4.79 Å². The van der Waals surface area contributed by atoms with Crippen molar-refractivity contribution in [1.29, 1.82) is 0 Å². The number of carbonyl (C=O) groups excluding carboxylic acids is 1. The summed E-state index contributed by atoms with van der Waals surface area (Å²) < 4.78 is 0. The van der Waals surface area contributed by atoms with Crippen LogP contribution in [0.4, 0.5) is 0 Å². The smallest absolute Gasteiger partial charge is 0.225 e. The molecule has 0 fully saturated rings. The Kier molecular flexibility index (Phi) is 7.39. The molecule has 3 nitrogen and oxygen atoms in total. The van der Waals surface area contributed by atoms with Crippen LogP contribution in [0.25, 0.3) is 0 Å². The first-order chi connectivity index (χ1) is 7.40. The Morgan fingerprint density at radius 1 is 1.25 bits per heavy atom. The van der Waals surface area contributed by atoms with Gasteiger partial charge in [-0.1, -0.05) is 27.2 Å². The molecule has 0 aromatic heterocycles. The molecular formula is C13H27NO2. The van der Waals surface area contributed by atoms with Crippen molar-refractivity contribution in [2.45, 2.75) is 53.1 Å². The van der Waals surface area contributed by atoms with E-state index in [4.69, 9.17) is 0 Å². The van der Waals surface area contributed by atoms with Gasteiger partial charge in [-0.15, -0.1) is 0 Å². The highest BCUT2D eigenvalue weighted by molar-refractivity contribution is 5.78. The van der Waals surface area contributed by atoms with Crippen molar-refractivity contribution in [1.82, 2.24) is 4.90 Å². The predicted octanol–water partition coefficient (Wildman–Crippen LogP) is 2.29. The Bertz CT molecular complexity index is 202. The van der Waals surface area contributed by atoms with E-state index >= 15 is 0 Å². The van der Waals surface area contributed by atoms with Crippen LogP contribution < -0.4 is 0 Å². The zero-order valence-electron chi connectivity index (χ0n) is 11.4. The van der Waals surface area contributed by atoms with E-state index in [-0.39, 0.29) is 17.9 Å². The normalized spacial score (nSPS) is 14.9. The molecule has 0 aromatic carbocycles. The number of carbonyl (C=O) groups is 1. The van der Waals surface area contributed by atoms with Crippen LogP contribution in [0.5, 0.6) is 0 Å². The van der Waals surface area contributed by atoms with Gasteiger partial charge in [0.25, 0.3) is 0 Å². The van der Waals surface area contributed by atoms with Gasteiger partial charge in [-0.25, -0.2) is 0 Å². The maximum Gasteiger partial charge on any atom is 0.225 e. The fraction of sp³-hybridized carbons (Fsp3) is 0.923.